The zero-order valence-electron chi connectivity index (χ0n) is 9.89. The van der Waals surface area contributed by atoms with Gasteiger partial charge in [-0.25, -0.2) is 4.39 Å². The van der Waals surface area contributed by atoms with Gasteiger partial charge in [0.05, 0.1) is 5.69 Å². The lowest BCUT2D eigenvalue weighted by Gasteiger charge is -2.15. The van der Waals surface area contributed by atoms with Crippen LogP contribution in [0.4, 0.5) is 10.1 Å². The maximum absolute atomic E-state index is 13.4. The quantitative estimate of drug-likeness (QED) is 0.812. The molecule has 2 aromatic rings. The Bertz CT molecular complexity index is 494. The van der Waals surface area contributed by atoms with E-state index >= 15 is 0 Å². The van der Waals surface area contributed by atoms with E-state index in [1.165, 1.54) is 0 Å². The minimum atomic E-state index is -1.20. The molecule has 1 aromatic heterocycles. The van der Waals surface area contributed by atoms with E-state index in [1.807, 2.05) is 31.2 Å². The summed E-state index contributed by atoms with van der Waals surface area (Å²) in [5.41, 5.74) is 1.93. The van der Waals surface area contributed by atoms with Crippen LogP contribution in [0, 0.1) is 6.92 Å². The monoisotopic (exact) mass is 220 g/mol. The zero-order chi connectivity index (χ0) is 11.8. The molecule has 16 heavy (non-hydrogen) atoms. The van der Waals surface area contributed by atoms with E-state index in [1.54, 1.807) is 13.8 Å². The molecule has 0 spiro atoms. The summed E-state index contributed by atoms with van der Waals surface area (Å²) in [5, 5.41) is 4.28. The largest absolute Gasteiger partial charge is 0.380 e. The van der Waals surface area contributed by atoms with Crippen LogP contribution in [0.25, 0.3) is 10.9 Å². The molecule has 0 saturated carbocycles. The van der Waals surface area contributed by atoms with E-state index < -0.39 is 5.67 Å². The van der Waals surface area contributed by atoms with E-state index in [0.29, 0.717) is 6.54 Å². The van der Waals surface area contributed by atoms with Gasteiger partial charge in [-0.3, -0.25) is 0 Å². The summed E-state index contributed by atoms with van der Waals surface area (Å²) in [6, 6.07) is 8.03. The fourth-order valence-electron chi connectivity index (χ4n) is 1.80. The molecule has 0 bridgehead atoms. The second-order valence-electron chi connectivity index (χ2n) is 4.74. The SMILES string of the molecule is Cc1[nH]c2ccccc2c1NCC(C)(C)F. The number of alkyl halides is 1. The number of aryl methyl sites for hydroxylation is 1. The Hall–Kier alpha value is -1.51. The second-order valence-corrected chi connectivity index (χ2v) is 4.74. The van der Waals surface area contributed by atoms with Crippen LogP contribution >= 0.6 is 0 Å². The van der Waals surface area contributed by atoms with Gasteiger partial charge in [-0.1, -0.05) is 18.2 Å². The van der Waals surface area contributed by atoms with Crippen LogP contribution in [0.1, 0.15) is 19.5 Å². The lowest BCUT2D eigenvalue weighted by Crippen LogP contribution is -2.24. The maximum Gasteiger partial charge on any atom is 0.122 e. The lowest BCUT2D eigenvalue weighted by molar-refractivity contribution is 0.235. The topological polar surface area (TPSA) is 27.8 Å². The van der Waals surface area contributed by atoms with Crippen LogP contribution in [0.2, 0.25) is 0 Å². The number of H-pyrrole nitrogens is 1. The summed E-state index contributed by atoms with van der Waals surface area (Å²) in [6.07, 6.45) is 0. The van der Waals surface area contributed by atoms with Gasteiger partial charge in [-0.15, -0.1) is 0 Å². The van der Waals surface area contributed by atoms with E-state index in [9.17, 15) is 4.39 Å². The molecule has 0 atom stereocenters. The number of aromatic amines is 1. The molecule has 0 fully saturated rings. The Balaban J connectivity index is 2.33. The average Bonchev–Trinajstić information content (AvgIpc) is 2.49. The highest BCUT2D eigenvalue weighted by Crippen LogP contribution is 2.27. The molecule has 1 aromatic carbocycles. The van der Waals surface area contributed by atoms with Crippen molar-refractivity contribution in [2.75, 3.05) is 11.9 Å². The summed E-state index contributed by atoms with van der Waals surface area (Å²) >= 11 is 0. The lowest BCUT2D eigenvalue weighted by atomic mass is 10.1. The summed E-state index contributed by atoms with van der Waals surface area (Å²) < 4.78 is 13.4. The third-order valence-corrected chi connectivity index (χ3v) is 2.58. The van der Waals surface area contributed by atoms with Crippen molar-refractivity contribution in [3.8, 4) is 0 Å². The molecule has 0 saturated heterocycles. The molecular weight excluding hydrogens is 203 g/mol. The smallest absolute Gasteiger partial charge is 0.122 e. The Morgan fingerprint density at radius 2 is 2.00 bits per heavy atom. The molecule has 2 rings (SSSR count). The number of benzene rings is 1. The molecule has 2 nitrogen and oxygen atoms in total. The molecule has 0 unspecified atom stereocenters. The number of hydrogen-bond acceptors (Lipinski definition) is 1. The van der Waals surface area contributed by atoms with Gasteiger partial charge >= 0.3 is 0 Å². The third-order valence-electron chi connectivity index (χ3n) is 2.58. The summed E-state index contributed by atoms with van der Waals surface area (Å²) in [5.74, 6) is 0. The van der Waals surface area contributed by atoms with Crippen molar-refractivity contribution >= 4 is 16.6 Å². The maximum atomic E-state index is 13.4. The predicted octanol–water partition coefficient (Wildman–Crippen LogP) is 3.64. The molecule has 0 radical (unpaired) electrons. The van der Waals surface area contributed by atoms with Crippen molar-refractivity contribution in [3.63, 3.8) is 0 Å². The summed E-state index contributed by atoms with van der Waals surface area (Å²) in [6.45, 7) is 5.46. The first kappa shape index (κ1) is 11.0. The predicted molar refractivity (Wildman–Crippen MR) is 66.7 cm³/mol. The van der Waals surface area contributed by atoms with Crippen LogP contribution < -0.4 is 5.32 Å². The van der Waals surface area contributed by atoms with E-state index in [0.717, 1.165) is 22.3 Å². The normalized spacial score (nSPS) is 12.0. The Kier molecular flexibility index (Phi) is 2.62. The van der Waals surface area contributed by atoms with Gasteiger partial charge in [-0.2, -0.15) is 0 Å². The Labute approximate surface area is 94.9 Å². The van der Waals surface area contributed by atoms with E-state index in [2.05, 4.69) is 10.3 Å². The highest BCUT2D eigenvalue weighted by Gasteiger charge is 2.16. The highest BCUT2D eigenvalue weighted by molar-refractivity contribution is 5.94. The number of halogens is 1. The highest BCUT2D eigenvalue weighted by atomic mass is 19.1. The number of para-hydroxylation sites is 1. The van der Waals surface area contributed by atoms with Gasteiger partial charge in [-0.05, 0) is 26.8 Å². The van der Waals surface area contributed by atoms with Gasteiger partial charge in [0.2, 0.25) is 0 Å². The van der Waals surface area contributed by atoms with E-state index in [-0.39, 0.29) is 0 Å². The van der Waals surface area contributed by atoms with Crippen molar-refractivity contribution in [2.45, 2.75) is 26.4 Å². The van der Waals surface area contributed by atoms with Crippen molar-refractivity contribution in [1.82, 2.24) is 4.98 Å². The van der Waals surface area contributed by atoms with Crippen molar-refractivity contribution in [2.24, 2.45) is 0 Å². The van der Waals surface area contributed by atoms with Crippen LogP contribution in [0.5, 0.6) is 0 Å². The molecule has 0 aliphatic carbocycles. The first-order valence-corrected chi connectivity index (χ1v) is 5.47. The molecule has 0 amide bonds. The van der Waals surface area contributed by atoms with E-state index in [4.69, 9.17) is 0 Å². The molecule has 1 heterocycles. The molecule has 0 aliphatic heterocycles. The molecule has 0 aliphatic rings. The number of hydrogen-bond donors (Lipinski definition) is 2. The first-order chi connectivity index (χ1) is 7.47. The van der Waals surface area contributed by atoms with Gasteiger partial charge in [0.15, 0.2) is 0 Å². The Morgan fingerprint density at radius 3 is 2.69 bits per heavy atom. The fourth-order valence-corrected chi connectivity index (χ4v) is 1.80. The van der Waals surface area contributed by atoms with Gasteiger partial charge in [0.1, 0.15) is 5.67 Å². The number of anilines is 1. The number of rotatable bonds is 3. The molecule has 2 N–H and O–H groups in total. The molecule has 86 valence electrons. The zero-order valence-corrected chi connectivity index (χ0v) is 9.89. The molecular formula is C13H17FN2. The first-order valence-electron chi connectivity index (χ1n) is 5.47. The van der Waals surface area contributed by atoms with Crippen molar-refractivity contribution < 1.29 is 4.39 Å². The van der Waals surface area contributed by atoms with Crippen LogP contribution in [-0.2, 0) is 0 Å². The minimum absolute atomic E-state index is 0.315. The minimum Gasteiger partial charge on any atom is -0.380 e. The summed E-state index contributed by atoms with van der Waals surface area (Å²) in [7, 11) is 0. The number of fused-ring (bicyclic) bond motifs is 1. The van der Waals surface area contributed by atoms with Gasteiger partial charge < -0.3 is 10.3 Å². The second kappa shape index (κ2) is 3.81. The fraction of sp³-hybridized carbons (Fsp3) is 0.385. The standard InChI is InChI=1S/C13H17FN2/c1-9-12(15-8-13(2,3)14)10-6-4-5-7-11(10)16-9/h4-7,15-16H,8H2,1-3H3. The molecule has 3 heteroatoms. The Morgan fingerprint density at radius 1 is 1.31 bits per heavy atom. The van der Waals surface area contributed by atoms with Gasteiger partial charge in [0, 0.05) is 23.1 Å². The van der Waals surface area contributed by atoms with Crippen molar-refractivity contribution in [1.29, 1.82) is 0 Å². The number of aromatic nitrogens is 1. The number of nitrogens with one attached hydrogen (secondary N) is 2. The van der Waals surface area contributed by atoms with Gasteiger partial charge in [0.25, 0.3) is 0 Å². The average molecular weight is 220 g/mol. The van der Waals surface area contributed by atoms with Crippen LogP contribution in [0.15, 0.2) is 24.3 Å². The summed E-state index contributed by atoms with van der Waals surface area (Å²) in [4.78, 5) is 3.28. The van der Waals surface area contributed by atoms with Crippen LogP contribution in [-0.4, -0.2) is 17.2 Å². The van der Waals surface area contributed by atoms with Crippen molar-refractivity contribution in [3.05, 3.63) is 30.0 Å². The van der Waals surface area contributed by atoms with Crippen LogP contribution in [0.3, 0.4) is 0 Å². The third kappa shape index (κ3) is 2.18.